The van der Waals surface area contributed by atoms with Crippen LogP contribution in [0, 0.1) is 0 Å². The lowest BCUT2D eigenvalue weighted by Crippen LogP contribution is -2.21. The number of hydrogen-bond acceptors (Lipinski definition) is 3. The first-order valence-corrected chi connectivity index (χ1v) is 7.06. The first-order chi connectivity index (χ1) is 9.70. The molecule has 2 aromatic rings. The molecule has 0 aliphatic carbocycles. The predicted molar refractivity (Wildman–Crippen MR) is 81.8 cm³/mol. The van der Waals surface area contributed by atoms with Crippen molar-refractivity contribution < 1.29 is 0 Å². The van der Waals surface area contributed by atoms with Crippen LogP contribution in [-0.2, 0) is 0 Å². The molecule has 0 fully saturated rings. The van der Waals surface area contributed by atoms with Gasteiger partial charge in [-0.2, -0.15) is 15.0 Å². The summed E-state index contributed by atoms with van der Waals surface area (Å²) in [6.07, 6.45) is 5.12. The van der Waals surface area contributed by atoms with Crippen LogP contribution in [0.4, 0.5) is 0 Å². The number of hydrogen-bond donors (Lipinski definition) is 1. The second-order valence-electron chi connectivity index (χ2n) is 5.07. The maximum Gasteiger partial charge on any atom is 0.104 e. The Hall–Kier alpha value is -1.94. The van der Waals surface area contributed by atoms with Gasteiger partial charge in [0.05, 0.1) is 17.9 Å². The highest BCUT2D eigenvalue weighted by Crippen LogP contribution is 2.14. The molecule has 0 bridgehead atoms. The zero-order valence-corrected chi connectivity index (χ0v) is 12.4. The van der Waals surface area contributed by atoms with Crippen molar-refractivity contribution in [3.8, 4) is 5.69 Å². The Balaban J connectivity index is 2.22. The van der Waals surface area contributed by atoms with Crippen molar-refractivity contribution in [2.75, 3.05) is 6.54 Å². The number of para-hydroxylation sites is 1. The minimum absolute atomic E-state index is 0.123. The molecule has 0 saturated carbocycles. The minimum atomic E-state index is 0.123. The zero-order chi connectivity index (χ0) is 14.4. The molecule has 1 unspecified atom stereocenters. The molecule has 1 atom stereocenters. The first-order valence-electron chi connectivity index (χ1n) is 7.06. The maximum atomic E-state index is 4.59. The summed E-state index contributed by atoms with van der Waals surface area (Å²) in [4.78, 5) is 1.68. The predicted octanol–water partition coefficient (Wildman–Crippen LogP) is 3.27. The number of benzene rings is 1. The van der Waals surface area contributed by atoms with Crippen molar-refractivity contribution in [3.05, 3.63) is 53.9 Å². The highest BCUT2D eigenvalue weighted by Gasteiger charge is 2.12. The Kier molecular flexibility index (Phi) is 5.07. The van der Waals surface area contributed by atoms with Crippen LogP contribution in [0.3, 0.4) is 0 Å². The average molecular weight is 270 g/mol. The highest BCUT2D eigenvalue weighted by molar-refractivity contribution is 5.29. The summed E-state index contributed by atoms with van der Waals surface area (Å²) in [5.41, 5.74) is 3.20. The van der Waals surface area contributed by atoms with Gasteiger partial charge in [0, 0.05) is 0 Å². The smallest absolute Gasteiger partial charge is 0.104 e. The summed E-state index contributed by atoms with van der Waals surface area (Å²) < 4.78 is 0. The zero-order valence-electron chi connectivity index (χ0n) is 12.4. The molecule has 0 amide bonds. The van der Waals surface area contributed by atoms with Crippen LogP contribution in [0.15, 0.2) is 48.2 Å². The van der Waals surface area contributed by atoms with Gasteiger partial charge in [0.15, 0.2) is 0 Å². The van der Waals surface area contributed by atoms with Gasteiger partial charge in [-0.25, -0.2) is 0 Å². The van der Waals surface area contributed by atoms with Gasteiger partial charge in [0.1, 0.15) is 5.69 Å². The topological polar surface area (TPSA) is 42.7 Å². The fourth-order valence-electron chi connectivity index (χ4n) is 1.99. The molecule has 1 N–H and O–H groups in total. The van der Waals surface area contributed by atoms with Crippen LogP contribution in [0.2, 0.25) is 0 Å². The van der Waals surface area contributed by atoms with Crippen molar-refractivity contribution in [1.29, 1.82) is 0 Å². The van der Waals surface area contributed by atoms with Gasteiger partial charge in [0.2, 0.25) is 0 Å². The Bertz CT molecular complexity index is 553. The van der Waals surface area contributed by atoms with Gasteiger partial charge in [-0.1, -0.05) is 36.8 Å². The molecule has 0 saturated heterocycles. The molecular weight excluding hydrogens is 248 g/mol. The number of rotatable bonds is 6. The number of allylic oxidation sites excluding steroid dienone is 1. The van der Waals surface area contributed by atoms with Crippen LogP contribution in [0.5, 0.6) is 0 Å². The van der Waals surface area contributed by atoms with Crippen molar-refractivity contribution in [1.82, 2.24) is 20.3 Å². The largest absolute Gasteiger partial charge is 0.305 e. The third-order valence-electron chi connectivity index (χ3n) is 2.93. The van der Waals surface area contributed by atoms with Crippen molar-refractivity contribution in [3.63, 3.8) is 0 Å². The monoisotopic (exact) mass is 270 g/mol. The standard InChI is InChI=1S/C16H22N4/c1-4-10-17-15(11-13(2)3)16-12-18-20(19-16)14-8-6-5-7-9-14/h5-9,11-12,15,17H,4,10H2,1-3H3. The third kappa shape index (κ3) is 3.78. The fourth-order valence-corrected chi connectivity index (χ4v) is 1.99. The van der Waals surface area contributed by atoms with Gasteiger partial charge in [0.25, 0.3) is 0 Å². The Labute approximate surface area is 120 Å². The quantitative estimate of drug-likeness (QED) is 0.819. The van der Waals surface area contributed by atoms with E-state index >= 15 is 0 Å². The lowest BCUT2D eigenvalue weighted by molar-refractivity contribution is 0.590. The van der Waals surface area contributed by atoms with Crippen molar-refractivity contribution in [2.45, 2.75) is 33.2 Å². The average Bonchev–Trinajstić information content (AvgIpc) is 2.94. The molecule has 0 aliphatic heterocycles. The highest BCUT2D eigenvalue weighted by atomic mass is 15.5. The number of nitrogens with zero attached hydrogens (tertiary/aromatic N) is 3. The molecule has 4 nitrogen and oxygen atoms in total. The third-order valence-corrected chi connectivity index (χ3v) is 2.93. The van der Waals surface area contributed by atoms with Gasteiger partial charge in [-0.3, -0.25) is 0 Å². The van der Waals surface area contributed by atoms with E-state index in [2.05, 4.69) is 42.4 Å². The van der Waals surface area contributed by atoms with Gasteiger partial charge < -0.3 is 5.32 Å². The van der Waals surface area contributed by atoms with Crippen molar-refractivity contribution >= 4 is 0 Å². The van der Waals surface area contributed by atoms with Crippen molar-refractivity contribution in [2.24, 2.45) is 0 Å². The lowest BCUT2D eigenvalue weighted by Gasteiger charge is -2.12. The summed E-state index contributed by atoms with van der Waals surface area (Å²) in [6.45, 7) is 7.32. The second kappa shape index (κ2) is 7.01. The van der Waals surface area contributed by atoms with E-state index in [9.17, 15) is 0 Å². The van der Waals surface area contributed by atoms with E-state index in [4.69, 9.17) is 0 Å². The van der Waals surface area contributed by atoms with E-state index in [-0.39, 0.29) is 6.04 Å². The van der Waals surface area contributed by atoms with Crippen LogP contribution < -0.4 is 5.32 Å². The van der Waals surface area contributed by atoms with Crippen LogP contribution >= 0.6 is 0 Å². The van der Waals surface area contributed by atoms with Gasteiger partial charge in [-0.15, -0.1) is 0 Å². The summed E-state index contributed by atoms with van der Waals surface area (Å²) >= 11 is 0. The van der Waals surface area contributed by atoms with E-state index in [0.29, 0.717) is 0 Å². The fraction of sp³-hybridized carbons (Fsp3) is 0.375. The first kappa shape index (κ1) is 14.5. The normalized spacial score (nSPS) is 12.2. The van der Waals surface area contributed by atoms with Crippen LogP contribution in [0.25, 0.3) is 5.69 Å². The van der Waals surface area contributed by atoms with Gasteiger partial charge >= 0.3 is 0 Å². The Morgan fingerprint density at radius 3 is 2.70 bits per heavy atom. The van der Waals surface area contributed by atoms with E-state index in [1.807, 2.05) is 36.5 Å². The lowest BCUT2D eigenvalue weighted by atomic mass is 10.1. The summed E-state index contributed by atoms with van der Waals surface area (Å²) in [7, 11) is 0. The minimum Gasteiger partial charge on any atom is -0.305 e. The molecule has 106 valence electrons. The number of nitrogens with one attached hydrogen (secondary N) is 1. The molecule has 20 heavy (non-hydrogen) atoms. The molecule has 1 heterocycles. The van der Waals surface area contributed by atoms with Crippen LogP contribution in [0.1, 0.15) is 38.9 Å². The van der Waals surface area contributed by atoms with E-state index in [1.165, 1.54) is 5.57 Å². The molecular formula is C16H22N4. The second-order valence-corrected chi connectivity index (χ2v) is 5.07. The Morgan fingerprint density at radius 1 is 1.30 bits per heavy atom. The summed E-state index contributed by atoms with van der Waals surface area (Å²) in [6, 6.07) is 10.1. The number of aromatic nitrogens is 3. The molecule has 0 spiro atoms. The maximum absolute atomic E-state index is 4.59. The van der Waals surface area contributed by atoms with Gasteiger partial charge in [-0.05, 0) is 38.9 Å². The summed E-state index contributed by atoms with van der Waals surface area (Å²) in [5.74, 6) is 0. The van der Waals surface area contributed by atoms with E-state index < -0.39 is 0 Å². The molecule has 0 radical (unpaired) electrons. The molecule has 1 aromatic carbocycles. The Morgan fingerprint density at radius 2 is 2.05 bits per heavy atom. The van der Waals surface area contributed by atoms with E-state index in [0.717, 1.165) is 24.3 Å². The molecule has 1 aromatic heterocycles. The van der Waals surface area contributed by atoms with Crippen LogP contribution in [-0.4, -0.2) is 21.5 Å². The van der Waals surface area contributed by atoms with E-state index in [1.54, 1.807) is 4.80 Å². The molecule has 2 rings (SSSR count). The molecule has 4 heteroatoms. The SMILES string of the molecule is CCCNC(C=C(C)C)c1cnn(-c2ccccc2)n1. The molecule has 0 aliphatic rings. The summed E-state index contributed by atoms with van der Waals surface area (Å²) in [5, 5.41) is 12.4.